The standard InChI is InChI=1S/C24H19ClFN3OS/c25-21-9-5-4-8-20(21)22-24(30-22,18-10-12-19(26)13-11-18)15-29-23(27-16-28-29)31-14-17-6-2-1-3-7-17/h1-13,16,22H,14-15H2/t22-,24+/m0/s1. The number of nitrogens with zero attached hydrogens (tertiary/aromatic N) is 3. The Labute approximate surface area is 189 Å². The summed E-state index contributed by atoms with van der Waals surface area (Å²) >= 11 is 8.07. The van der Waals surface area contributed by atoms with Crippen LogP contribution in [0.2, 0.25) is 5.02 Å². The Morgan fingerprint density at radius 2 is 1.74 bits per heavy atom. The van der Waals surface area contributed by atoms with E-state index in [1.165, 1.54) is 17.7 Å². The lowest BCUT2D eigenvalue weighted by atomic mass is 9.91. The summed E-state index contributed by atoms with van der Waals surface area (Å²) in [4.78, 5) is 4.44. The normalized spacial score (nSPS) is 20.0. The van der Waals surface area contributed by atoms with Gasteiger partial charge in [0.25, 0.3) is 0 Å². The van der Waals surface area contributed by atoms with Crippen molar-refractivity contribution in [2.45, 2.75) is 29.2 Å². The minimum atomic E-state index is -0.686. The summed E-state index contributed by atoms with van der Waals surface area (Å²) in [6.45, 7) is 0.450. The van der Waals surface area contributed by atoms with Gasteiger partial charge < -0.3 is 4.74 Å². The first-order chi connectivity index (χ1) is 15.2. The van der Waals surface area contributed by atoms with Crippen molar-refractivity contribution in [1.29, 1.82) is 0 Å². The zero-order valence-corrected chi connectivity index (χ0v) is 18.1. The van der Waals surface area contributed by atoms with Gasteiger partial charge in [-0.3, -0.25) is 0 Å². The molecule has 1 saturated heterocycles. The monoisotopic (exact) mass is 451 g/mol. The molecule has 1 aliphatic rings. The molecule has 1 aliphatic heterocycles. The highest BCUT2D eigenvalue weighted by molar-refractivity contribution is 7.98. The number of benzene rings is 3. The third kappa shape index (κ3) is 4.11. The lowest BCUT2D eigenvalue weighted by Crippen LogP contribution is -2.20. The molecular weight excluding hydrogens is 433 g/mol. The fourth-order valence-corrected chi connectivity index (χ4v) is 4.87. The van der Waals surface area contributed by atoms with E-state index in [9.17, 15) is 4.39 Å². The molecule has 0 N–H and O–H groups in total. The quantitative estimate of drug-likeness (QED) is 0.254. The third-order valence-corrected chi connectivity index (χ3v) is 6.79. The summed E-state index contributed by atoms with van der Waals surface area (Å²) in [5, 5.41) is 5.90. The van der Waals surface area contributed by atoms with E-state index in [1.54, 1.807) is 30.2 Å². The highest BCUT2D eigenvalue weighted by atomic mass is 35.5. The van der Waals surface area contributed by atoms with Gasteiger partial charge in [-0.25, -0.2) is 14.1 Å². The van der Waals surface area contributed by atoms with Crippen LogP contribution in [0.4, 0.5) is 4.39 Å². The van der Waals surface area contributed by atoms with Crippen LogP contribution in [-0.4, -0.2) is 14.8 Å². The molecule has 2 atom stereocenters. The molecule has 0 aliphatic carbocycles. The summed E-state index contributed by atoms with van der Waals surface area (Å²) < 4.78 is 21.7. The van der Waals surface area contributed by atoms with Crippen LogP contribution in [0, 0.1) is 5.82 Å². The van der Waals surface area contributed by atoms with Crippen molar-refractivity contribution in [3.05, 3.63) is 113 Å². The van der Waals surface area contributed by atoms with Crippen LogP contribution in [-0.2, 0) is 22.6 Å². The van der Waals surface area contributed by atoms with E-state index in [0.717, 1.165) is 22.0 Å². The Balaban J connectivity index is 1.44. The van der Waals surface area contributed by atoms with Crippen LogP contribution in [0.5, 0.6) is 0 Å². The van der Waals surface area contributed by atoms with Crippen LogP contribution in [0.1, 0.15) is 22.8 Å². The zero-order chi connectivity index (χ0) is 21.3. The maximum Gasteiger partial charge on any atom is 0.186 e. The van der Waals surface area contributed by atoms with Gasteiger partial charge in [-0.1, -0.05) is 84.0 Å². The van der Waals surface area contributed by atoms with Crippen molar-refractivity contribution in [3.8, 4) is 0 Å². The molecule has 5 rings (SSSR count). The molecule has 4 aromatic rings. The molecule has 0 saturated carbocycles. The Kier molecular flexibility index (Phi) is 5.52. The van der Waals surface area contributed by atoms with E-state index in [4.69, 9.17) is 16.3 Å². The predicted octanol–water partition coefficient (Wildman–Crippen LogP) is 6.03. The Morgan fingerprint density at radius 3 is 2.52 bits per heavy atom. The Morgan fingerprint density at radius 1 is 1.00 bits per heavy atom. The average molecular weight is 452 g/mol. The summed E-state index contributed by atoms with van der Waals surface area (Å²) in [5.41, 5.74) is 2.32. The van der Waals surface area contributed by atoms with Gasteiger partial charge in [-0.05, 0) is 29.3 Å². The van der Waals surface area contributed by atoms with Crippen molar-refractivity contribution in [2.75, 3.05) is 0 Å². The van der Waals surface area contributed by atoms with Crippen LogP contribution in [0.25, 0.3) is 0 Å². The molecule has 0 bridgehead atoms. The molecule has 0 unspecified atom stereocenters. The maximum absolute atomic E-state index is 13.6. The summed E-state index contributed by atoms with van der Waals surface area (Å²) in [5.74, 6) is 0.506. The number of rotatable bonds is 7. The first-order valence-electron chi connectivity index (χ1n) is 9.88. The molecule has 4 nitrogen and oxygen atoms in total. The Bertz CT molecular complexity index is 1180. The minimum Gasteiger partial charge on any atom is -0.354 e. The van der Waals surface area contributed by atoms with Gasteiger partial charge >= 0.3 is 0 Å². The van der Waals surface area contributed by atoms with Crippen molar-refractivity contribution in [3.63, 3.8) is 0 Å². The second-order valence-electron chi connectivity index (χ2n) is 7.39. The van der Waals surface area contributed by atoms with Crippen molar-refractivity contribution >= 4 is 23.4 Å². The van der Waals surface area contributed by atoms with Gasteiger partial charge in [-0.15, -0.1) is 0 Å². The average Bonchev–Trinajstić information content (AvgIpc) is 3.34. The van der Waals surface area contributed by atoms with Gasteiger partial charge in [0, 0.05) is 16.3 Å². The molecular formula is C24H19ClFN3OS. The second kappa shape index (κ2) is 8.46. The zero-order valence-electron chi connectivity index (χ0n) is 16.5. The van der Waals surface area contributed by atoms with Crippen LogP contribution in [0.3, 0.4) is 0 Å². The van der Waals surface area contributed by atoms with E-state index < -0.39 is 5.60 Å². The molecule has 3 aromatic carbocycles. The van der Waals surface area contributed by atoms with Gasteiger partial charge in [0.2, 0.25) is 0 Å². The van der Waals surface area contributed by atoms with Crippen LogP contribution >= 0.6 is 23.4 Å². The first kappa shape index (κ1) is 20.2. The highest BCUT2D eigenvalue weighted by Crippen LogP contribution is 2.59. The molecule has 31 heavy (non-hydrogen) atoms. The molecule has 0 radical (unpaired) electrons. The highest BCUT2D eigenvalue weighted by Gasteiger charge is 2.59. The van der Waals surface area contributed by atoms with Gasteiger partial charge in [-0.2, -0.15) is 5.10 Å². The minimum absolute atomic E-state index is 0.247. The van der Waals surface area contributed by atoms with E-state index in [0.29, 0.717) is 11.6 Å². The van der Waals surface area contributed by atoms with Crippen molar-refractivity contribution in [1.82, 2.24) is 14.8 Å². The molecule has 156 valence electrons. The van der Waals surface area contributed by atoms with Crippen LogP contribution < -0.4 is 0 Å². The fourth-order valence-electron chi connectivity index (χ4n) is 3.76. The van der Waals surface area contributed by atoms with Gasteiger partial charge in [0.05, 0.1) is 6.54 Å². The number of thioether (sulfide) groups is 1. The molecule has 0 amide bonds. The molecule has 1 aromatic heterocycles. The second-order valence-corrected chi connectivity index (χ2v) is 8.74. The molecule has 0 spiro atoms. The smallest absolute Gasteiger partial charge is 0.186 e. The Hall–Kier alpha value is -2.67. The lowest BCUT2D eigenvalue weighted by Gasteiger charge is -2.16. The molecule has 2 heterocycles. The number of epoxide rings is 1. The maximum atomic E-state index is 13.6. The summed E-state index contributed by atoms with van der Waals surface area (Å²) in [7, 11) is 0. The van der Waals surface area contributed by atoms with Crippen molar-refractivity contribution < 1.29 is 9.13 Å². The van der Waals surface area contributed by atoms with E-state index in [1.807, 2.05) is 47.1 Å². The number of hydrogen-bond donors (Lipinski definition) is 0. The summed E-state index contributed by atoms with van der Waals surface area (Å²) in [6, 6.07) is 24.3. The van der Waals surface area contributed by atoms with E-state index in [-0.39, 0.29) is 11.9 Å². The van der Waals surface area contributed by atoms with E-state index >= 15 is 0 Å². The fraction of sp³-hybridized carbons (Fsp3) is 0.167. The number of aromatic nitrogens is 3. The SMILES string of the molecule is Fc1ccc([C@@]2(Cn3ncnc3SCc3ccccc3)O[C@H]2c2ccccc2Cl)cc1. The van der Waals surface area contributed by atoms with Gasteiger partial charge in [0.15, 0.2) is 5.16 Å². The summed E-state index contributed by atoms with van der Waals surface area (Å²) in [6.07, 6.45) is 1.31. The molecule has 1 fully saturated rings. The number of hydrogen-bond acceptors (Lipinski definition) is 4. The van der Waals surface area contributed by atoms with Gasteiger partial charge in [0.1, 0.15) is 23.8 Å². The molecule has 7 heteroatoms. The van der Waals surface area contributed by atoms with Crippen LogP contribution in [0.15, 0.2) is 90.3 Å². The number of ether oxygens (including phenoxy) is 1. The predicted molar refractivity (Wildman–Crippen MR) is 119 cm³/mol. The topological polar surface area (TPSA) is 43.2 Å². The first-order valence-corrected chi connectivity index (χ1v) is 11.2. The lowest BCUT2D eigenvalue weighted by molar-refractivity contribution is 0.256. The van der Waals surface area contributed by atoms with E-state index in [2.05, 4.69) is 22.2 Å². The third-order valence-electron chi connectivity index (χ3n) is 5.39. The largest absolute Gasteiger partial charge is 0.354 e. The number of halogens is 2. The van der Waals surface area contributed by atoms with Crippen molar-refractivity contribution in [2.24, 2.45) is 0 Å².